The largest absolute Gasteiger partial charge is 1.00 e. The molecular formula is C36H70NaO4P. The first-order valence-electron chi connectivity index (χ1n) is 18.0. The van der Waals surface area contributed by atoms with E-state index in [4.69, 9.17) is 9.05 Å². The Balaban J connectivity index is 0. The summed E-state index contributed by atoms with van der Waals surface area (Å²) in [4.78, 5) is 11.9. The van der Waals surface area contributed by atoms with Gasteiger partial charge >= 0.3 is 29.6 Å². The van der Waals surface area contributed by atoms with Crippen LogP contribution in [0.15, 0.2) is 24.3 Å². The van der Waals surface area contributed by atoms with Crippen molar-refractivity contribution in [2.24, 2.45) is 0 Å². The van der Waals surface area contributed by atoms with Crippen LogP contribution in [-0.4, -0.2) is 13.2 Å². The van der Waals surface area contributed by atoms with Crippen molar-refractivity contribution in [1.82, 2.24) is 0 Å². The molecule has 0 aliphatic heterocycles. The van der Waals surface area contributed by atoms with Crippen LogP contribution in [0.4, 0.5) is 0 Å². The predicted molar refractivity (Wildman–Crippen MR) is 178 cm³/mol. The monoisotopic (exact) mass is 620 g/mol. The van der Waals surface area contributed by atoms with Gasteiger partial charge in [-0.25, -0.2) is 0 Å². The Morgan fingerprint density at radius 2 is 0.667 bits per heavy atom. The molecule has 0 spiro atoms. The molecule has 4 nitrogen and oxygen atoms in total. The van der Waals surface area contributed by atoms with Gasteiger partial charge in [-0.15, -0.1) is 0 Å². The Labute approximate surface area is 285 Å². The third kappa shape index (κ3) is 38.6. The molecule has 0 saturated heterocycles. The molecule has 0 radical (unpaired) electrons. The number of rotatable bonds is 34. The molecule has 0 aliphatic rings. The summed E-state index contributed by atoms with van der Waals surface area (Å²) in [5, 5.41) is 0. The minimum Gasteiger partial charge on any atom is -0.756 e. The minimum absolute atomic E-state index is 0. The van der Waals surface area contributed by atoms with E-state index in [0.29, 0.717) is 0 Å². The maximum Gasteiger partial charge on any atom is 1.00 e. The molecule has 0 amide bonds. The van der Waals surface area contributed by atoms with Gasteiger partial charge in [-0.3, -0.25) is 4.57 Å². The van der Waals surface area contributed by atoms with Crippen molar-refractivity contribution in [3.63, 3.8) is 0 Å². The Morgan fingerprint density at radius 3 is 0.952 bits per heavy atom. The fourth-order valence-electron chi connectivity index (χ4n) is 5.09. The number of allylic oxidation sites excluding steroid dienone is 4. The zero-order valence-corrected chi connectivity index (χ0v) is 31.5. The summed E-state index contributed by atoms with van der Waals surface area (Å²) in [6.07, 6.45) is 44.0. The maximum absolute atomic E-state index is 11.9. The van der Waals surface area contributed by atoms with Gasteiger partial charge in [0.25, 0.3) is 7.82 Å². The summed E-state index contributed by atoms with van der Waals surface area (Å²) in [5.41, 5.74) is 0. The molecular weight excluding hydrogens is 550 g/mol. The predicted octanol–water partition coefficient (Wildman–Crippen LogP) is 9.57. The van der Waals surface area contributed by atoms with E-state index in [1.807, 2.05) is 0 Å². The summed E-state index contributed by atoms with van der Waals surface area (Å²) in [5.74, 6) is 0. The maximum atomic E-state index is 11.9. The molecule has 0 unspecified atom stereocenters. The van der Waals surface area contributed by atoms with E-state index < -0.39 is 7.82 Å². The van der Waals surface area contributed by atoms with Crippen LogP contribution >= 0.6 is 7.82 Å². The van der Waals surface area contributed by atoms with Crippen molar-refractivity contribution < 1.29 is 48.1 Å². The molecule has 0 fully saturated rings. The first kappa shape index (κ1) is 44.7. The average Bonchev–Trinajstić information content (AvgIpc) is 2.96. The molecule has 0 aromatic carbocycles. The summed E-state index contributed by atoms with van der Waals surface area (Å²) in [6, 6.07) is 0. The first-order valence-corrected chi connectivity index (χ1v) is 19.5. The summed E-state index contributed by atoms with van der Waals surface area (Å²) in [7, 11) is -4.14. The van der Waals surface area contributed by atoms with Gasteiger partial charge in [0.2, 0.25) is 0 Å². The zero-order chi connectivity index (χ0) is 30.0. The van der Waals surface area contributed by atoms with E-state index in [1.54, 1.807) is 0 Å². The Kier molecular flexibility index (Phi) is 40.2. The molecule has 0 atom stereocenters. The van der Waals surface area contributed by atoms with Crippen molar-refractivity contribution >= 4 is 7.82 Å². The van der Waals surface area contributed by atoms with E-state index in [-0.39, 0.29) is 42.8 Å². The number of phosphoric ester groups is 1. The molecule has 244 valence electrons. The number of hydrogen-bond acceptors (Lipinski definition) is 4. The second-order valence-corrected chi connectivity index (χ2v) is 13.4. The van der Waals surface area contributed by atoms with Crippen LogP contribution in [0, 0.1) is 0 Å². The number of unbranched alkanes of at least 4 members (excludes halogenated alkanes) is 24. The third-order valence-electron chi connectivity index (χ3n) is 7.81. The molecule has 0 N–H and O–H groups in total. The topological polar surface area (TPSA) is 58.6 Å². The van der Waals surface area contributed by atoms with Crippen LogP contribution in [0.5, 0.6) is 0 Å². The van der Waals surface area contributed by atoms with Gasteiger partial charge in [-0.1, -0.05) is 154 Å². The van der Waals surface area contributed by atoms with E-state index in [2.05, 4.69) is 38.2 Å². The quantitative estimate of drug-likeness (QED) is 0.0311. The Bertz CT molecular complexity index is 563. The van der Waals surface area contributed by atoms with Crippen molar-refractivity contribution in [2.45, 2.75) is 194 Å². The molecule has 6 heteroatoms. The second kappa shape index (κ2) is 37.8. The fraction of sp³-hybridized carbons (Fsp3) is 0.889. The number of phosphoric acid groups is 1. The van der Waals surface area contributed by atoms with Gasteiger partial charge in [0, 0.05) is 0 Å². The Morgan fingerprint density at radius 1 is 0.429 bits per heavy atom. The molecule has 0 rings (SSSR count). The van der Waals surface area contributed by atoms with Crippen molar-refractivity contribution in [3.8, 4) is 0 Å². The van der Waals surface area contributed by atoms with E-state index >= 15 is 0 Å². The SMILES string of the molecule is CCCCCCCC/C=C\CCCCCCCCOP(=O)([O-])OCCCCCCCC/C=C\CCCCCCCC.[Na+]. The van der Waals surface area contributed by atoms with Crippen molar-refractivity contribution in [2.75, 3.05) is 13.2 Å². The molecule has 0 heterocycles. The molecule has 0 bridgehead atoms. The summed E-state index contributed by atoms with van der Waals surface area (Å²) in [6.45, 7) is 5.02. The van der Waals surface area contributed by atoms with Gasteiger partial charge in [0.05, 0.1) is 13.2 Å². The smallest absolute Gasteiger partial charge is 0.756 e. The van der Waals surface area contributed by atoms with Crippen LogP contribution in [0.25, 0.3) is 0 Å². The van der Waals surface area contributed by atoms with Crippen LogP contribution in [0.1, 0.15) is 194 Å². The summed E-state index contributed by atoms with van der Waals surface area (Å²) < 4.78 is 22.0. The van der Waals surface area contributed by atoms with E-state index in [0.717, 1.165) is 38.5 Å². The van der Waals surface area contributed by atoms with Gasteiger partial charge in [-0.2, -0.15) is 0 Å². The van der Waals surface area contributed by atoms with E-state index in [9.17, 15) is 9.46 Å². The second-order valence-electron chi connectivity index (χ2n) is 12.0. The van der Waals surface area contributed by atoms with Crippen LogP contribution in [0.2, 0.25) is 0 Å². The molecule has 0 aromatic heterocycles. The third-order valence-corrected chi connectivity index (χ3v) is 8.81. The van der Waals surface area contributed by atoms with Crippen molar-refractivity contribution in [1.29, 1.82) is 0 Å². The number of hydrogen-bond donors (Lipinski definition) is 0. The fourth-order valence-corrected chi connectivity index (χ4v) is 5.87. The molecule has 42 heavy (non-hydrogen) atoms. The van der Waals surface area contributed by atoms with Crippen LogP contribution in [-0.2, 0) is 13.6 Å². The first-order chi connectivity index (χ1) is 20.1. The van der Waals surface area contributed by atoms with E-state index in [1.165, 1.54) is 141 Å². The van der Waals surface area contributed by atoms with Gasteiger partial charge in [0.15, 0.2) is 0 Å². The van der Waals surface area contributed by atoms with Gasteiger partial charge in [0.1, 0.15) is 0 Å². The summed E-state index contributed by atoms with van der Waals surface area (Å²) >= 11 is 0. The van der Waals surface area contributed by atoms with Crippen molar-refractivity contribution in [3.05, 3.63) is 24.3 Å². The minimum atomic E-state index is -4.14. The van der Waals surface area contributed by atoms with Gasteiger partial charge < -0.3 is 13.9 Å². The molecule has 0 saturated carbocycles. The standard InChI is InChI=1S/C36H71O4P.Na/c1-3-5-7-9-11-13-15-17-19-21-23-25-27-29-31-33-35-39-41(37,38)40-36-34-32-30-28-26-24-22-20-18-16-14-12-10-8-6-4-2;/h17-20H,3-16,21-36H2,1-2H3,(H,37,38);/q;+1/p-1/b19-17-,20-18-;. The van der Waals surface area contributed by atoms with Crippen LogP contribution < -0.4 is 34.5 Å². The molecule has 0 aromatic rings. The normalized spacial score (nSPS) is 12.1. The Hall–Kier alpha value is 0.590. The molecule has 0 aliphatic carbocycles. The van der Waals surface area contributed by atoms with Gasteiger partial charge in [-0.05, 0) is 64.2 Å². The van der Waals surface area contributed by atoms with Crippen LogP contribution in [0.3, 0.4) is 0 Å². The zero-order valence-electron chi connectivity index (χ0n) is 28.6. The average molecular weight is 621 g/mol.